The predicted octanol–water partition coefficient (Wildman–Crippen LogP) is 1.60. The molecular weight excluding hydrogens is 135 g/mol. The van der Waals surface area contributed by atoms with Crippen LogP contribution in [0.3, 0.4) is 0 Å². The lowest BCUT2D eigenvalue weighted by molar-refractivity contribution is -0.150. The molecule has 0 aliphatic heterocycles. The molecular formula is C7H11FO2. The van der Waals surface area contributed by atoms with E-state index in [1.807, 2.05) is 0 Å². The first-order chi connectivity index (χ1) is 4.57. The zero-order valence-corrected chi connectivity index (χ0v) is 5.93. The summed E-state index contributed by atoms with van der Waals surface area (Å²) in [6, 6.07) is 0. The number of rotatable bonds is 1. The highest BCUT2D eigenvalue weighted by molar-refractivity contribution is 5.75. The van der Waals surface area contributed by atoms with Gasteiger partial charge in [-0.15, -0.1) is 0 Å². The van der Waals surface area contributed by atoms with Gasteiger partial charge in [0.2, 0.25) is 0 Å². The van der Waals surface area contributed by atoms with Gasteiger partial charge < -0.3 is 5.11 Å². The fourth-order valence-corrected chi connectivity index (χ4v) is 1.36. The maximum atomic E-state index is 12.8. The summed E-state index contributed by atoms with van der Waals surface area (Å²) in [5.41, 5.74) is -1.10. The number of hydrogen-bond donors (Lipinski definition) is 1. The van der Waals surface area contributed by atoms with Crippen LogP contribution in [0.2, 0.25) is 0 Å². The fourth-order valence-electron chi connectivity index (χ4n) is 1.36. The zero-order valence-electron chi connectivity index (χ0n) is 5.93. The number of carboxylic acids is 1. The molecule has 2 nitrogen and oxygen atoms in total. The van der Waals surface area contributed by atoms with Crippen molar-refractivity contribution in [1.82, 2.24) is 0 Å². The number of hydrogen-bond acceptors (Lipinski definition) is 1. The third-order valence-electron chi connectivity index (χ3n) is 2.33. The molecule has 1 aliphatic rings. The summed E-state index contributed by atoms with van der Waals surface area (Å²) in [4.78, 5) is 10.5. The van der Waals surface area contributed by atoms with Gasteiger partial charge in [-0.2, -0.15) is 0 Å². The van der Waals surface area contributed by atoms with Gasteiger partial charge in [-0.25, -0.2) is 4.39 Å². The molecule has 0 amide bonds. The highest BCUT2D eigenvalue weighted by Gasteiger charge is 2.45. The Bertz CT molecular complexity index is 158. The Hall–Kier alpha value is -0.600. The van der Waals surface area contributed by atoms with Crippen LogP contribution in [0.25, 0.3) is 0 Å². The van der Waals surface area contributed by atoms with E-state index in [0.29, 0.717) is 19.3 Å². The first-order valence-electron chi connectivity index (χ1n) is 3.45. The Labute approximate surface area is 59.0 Å². The smallest absolute Gasteiger partial charge is 0.312 e. The van der Waals surface area contributed by atoms with Crippen LogP contribution in [0.1, 0.15) is 26.2 Å². The molecule has 0 saturated heterocycles. The van der Waals surface area contributed by atoms with Crippen LogP contribution >= 0.6 is 0 Å². The molecule has 2 unspecified atom stereocenters. The van der Waals surface area contributed by atoms with Gasteiger partial charge >= 0.3 is 5.97 Å². The molecule has 10 heavy (non-hydrogen) atoms. The monoisotopic (exact) mass is 146 g/mol. The molecule has 0 aromatic heterocycles. The Kier molecular flexibility index (Phi) is 1.67. The molecule has 1 saturated carbocycles. The quantitative estimate of drug-likeness (QED) is 0.610. The van der Waals surface area contributed by atoms with Crippen molar-refractivity contribution in [1.29, 1.82) is 0 Å². The lowest BCUT2D eigenvalue weighted by Crippen LogP contribution is -2.32. The van der Waals surface area contributed by atoms with Gasteiger partial charge in [-0.3, -0.25) is 4.79 Å². The van der Waals surface area contributed by atoms with Crippen LogP contribution in [0.5, 0.6) is 0 Å². The van der Waals surface area contributed by atoms with Gasteiger partial charge in [0.25, 0.3) is 0 Å². The van der Waals surface area contributed by atoms with Crippen LogP contribution in [-0.4, -0.2) is 17.2 Å². The highest BCUT2D eigenvalue weighted by Crippen LogP contribution is 2.40. The third-order valence-corrected chi connectivity index (χ3v) is 2.33. The van der Waals surface area contributed by atoms with Crippen molar-refractivity contribution < 1.29 is 14.3 Å². The Morgan fingerprint density at radius 3 is 2.60 bits per heavy atom. The summed E-state index contributed by atoms with van der Waals surface area (Å²) in [6.07, 6.45) is 0.431. The Morgan fingerprint density at radius 2 is 2.40 bits per heavy atom. The summed E-state index contributed by atoms with van der Waals surface area (Å²) < 4.78 is 12.8. The minimum absolute atomic E-state index is 0.406. The van der Waals surface area contributed by atoms with E-state index in [9.17, 15) is 9.18 Å². The molecule has 0 aromatic rings. The van der Waals surface area contributed by atoms with Crippen LogP contribution in [0, 0.1) is 5.41 Å². The number of halogens is 1. The van der Waals surface area contributed by atoms with Gasteiger partial charge in [0.05, 0.1) is 5.41 Å². The van der Waals surface area contributed by atoms with E-state index in [2.05, 4.69) is 0 Å². The van der Waals surface area contributed by atoms with Gasteiger partial charge in [-0.05, 0) is 26.2 Å². The van der Waals surface area contributed by atoms with Crippen molar-refractivity contribution >= 4 is 5.97 Å². The summed E-state index contributed by atoms with van der Waals surface area (Å²) >= 11 is 0. The Morgan fingerprint density at radius 1 is 1.80 bits per heavy atom. The minimum Gasteiger partial charge on any atom is -0.481 e. The molecule has 0 heterocycles. The number of alkyl halides is 1. The summed E-state index contributed by atoms with van der Waals surface area (Å²) in [6.45, 7) is 1.48. The lowest BCUT2D eigenvalue weighted by Gasteiger charge is -2.19. The van der Waals surface area contributed by atoms with Crippen LogP contribution in [0.4, 0.5) is 4.39 Å². The van der Waals surface area contributed by atoms with E-state index >= 15 is 0 Å². The molecule has 0 aromatic carbocycles. The lowest BCUT2D eigenvalue weighted by atomic mass is 9.88. The van der Waals surface area contributed by atoms with Crippen molar-refractivity contribution in [3.63, 3.8) is 0 Å². The van der Waals surface area contributed by atoms with Crippen LogP contribution < -0.4 is 0 Å². The summed E-state index contributed by atoms with van der Waals surface area (Å²) in [7, 11) is 0. The van der Waals surface area contributed by atoms with Crippen molar-refractivity contribution in [2.75, 3.05) is 0 Å². The maximum Gasteiger partial charge on any atom is 0.312 e. The van der Waals surface area contributed by atoms with E-state index in [4.69, 9.17) is 5.11 Å². The normalized spacial score (nSPS) is 40.0. The van der Waals surface area contributed by atoms with Crippen molar-refractivity contribution in [3.05, 3.63) is 0 Å². The third kappa shape index (κ3) is 0.895. The van der Waals surface area contributed by atoms with Crippen LogP contribution in [-0.2, 0) is 4.79 Å². The molecule has 2 atom stereocenters. The number of carboxylic acid groups (broad SMARTS) is 1. The standard InChI is InChI=1S/C7H11FO2/c1-7(6(9)10)4-2-3-5(7)8/h5H,2-4H2,1H3,(H,9,10). The molecule has 3 heteroatoms. The van der Waals surface area contributed by atoms with Crippen molar-refractivity contribution in [2.24, 2.45) is 5.41 Å². The minimum atomic E-state index is -1.15. The topological polar surface area (TPSA) is 37.3 Å². The molecule has 1 aliphatic carbocycles. The first kappa shape index (κ1) is 7.51. The predicted molar refractivity (Wildman–Crippen MR) is 34.5 cm³/mol. The van der Waals surface area contributed by atoms with Gasteiger partial charge in [0.15, 0.2) is 0 Å². The molecule has 1 fully saturated rings. The Balaban J connectivity index is 2.75. The van der Waals surface area contributed by atoms with E-state index in [0.717, 1.165) is 0 Å². The highest BCUT2D eigenvalue weighted by atomic mass is 19.1. The van der Waals surface area contributed by atoms with Crippen molar-refractivity contribution in [2.45, 2.75) is 32.4 Å². The van der Waals surface area contributed by atoms with Gasteiger partial charge in [0.1, 0.15) is 6.17 Å². The maximum absolute atomic E-state index is 12.8. The van der Waals surface area contributed by atoms with E-state index in [1.54, 1.807) is 0 Å². The zero-order chi connectivity index (χ0) is 7.78. The van der Waals surface area contributed by atoms with E-state index < -0.39 is 17.6 Å². The van der Waals surface area contributed by atoms with Gasteiger partial charge in [0, 0.05) is 0 Å². The van der Waals surface area contributed by atoms with E-state index in [-0.39, 0.29) is 0 Å². The average molecular weight is 146 g/mol. The molecule has 1 rings (SSSR count). The summed E-state index contributed by atoms with van der Waals surface area (Å²) in [5.74, 6) is -1.00. The fraction of sp³-hybridized carbons (Fsp3) is 0.857. The molecule has 0 bridgehead atoms. The molecule has 1 N–H and O–H groups in total. The molecule has 58 valence electrons. The molecule has 0 spiro atoms. The summed E-state index contributed by atoms with van der Waals surface area (Å²) in [5, 5.41) is 8.60. The SMILES string of the molecule is CC1(C(=O)O)CCCC1F. The first-order valence-corrected chi connectivity index (χ1v) is 3.45. The van der Waals surface area contributed by atoms with Crippen molar-refractivity contribution in [3.8, 4) is 0 Å². The molecule has 0 radical (unpaired) electrons. The number of carbonyl (C=O) groups is 1. The van der Waals surface area contributed by atoms with Crippen LogP contribution in [0.15, 0.2) is 0 Å². The van der Waals surface area contributed by atoms with Gasteiger partial charge in [-0.1, -0.05) is 0 Å². The second-order valence-corrected chi connectivity index (χ2v) is 3.08. The second-order valence-electron chi connectivity index (χ2n) is 3.08. The second kappa shape index (κ2) is 2.22. The average Bonchev–Trinajstić information content (AvgIpc) is 2.15. The largest absolute Gasteiger partial charge is 0.481 e. The van der Waals surface area contributed by atoms with E-state index in [1.165, 1.54) is 6.92 Å². The number of aliphatic carboxylic acids is 1.